The average Bonchev–Trinajstić information content (AvgIpc) is 3.03. The number of carboxylic acid groups (broad SMARTS) is 1. The molecule has 2 unspecified atom stereocenters. The van der Waals surface area contributed by atoms with E-state index in [1.54, 1.807) is 7.11 Å². The lowest BCUT2D eigenvalue weighted by Gasteiger charge is -2.61. The first kappa shape index (κ1) is 21.7. The number of methoxy groups -OCH3 is 1. The van der Waals surface area contributed by atoms with E-state index in [-0.39, 0.29) is 12.3 Å². The molecule has 4 aliphatic carbocycles. The van der Waals surface area contributed by atoms with Crippen LogP contribution in [0.4, 0.5) is 0 Å². The van der Waals surface area contributed by atoms with Crippen LogP contribution in [0.15, 0.2) is 0 Å². The Morgan fingerprint density at radius 3 is 2.48 bits per heavy atom. The molecule has 0 amide bonds. The van der Waals surface area contributed by atoms with E-state index in [0.717, 1.165) is 23.7 Å². The van der Waals surface area contributed by atoms with E-state index in [1.165, 1.54) is 64.2 Å². The van der Waals surface area contributed by atoms with Gasteiger partial charge in [0, 0.05) is 13.7 Å². The molecule has 4 fully saturated rings. The van der Waals surface area contributed by atoms with Crippen LogP contribution in [0.2, 0.25) is 0 Å². The lowest BCUT2D eigenvalue weighted by Crippen LogP contribution is -2.53. The maximum Gasteiger partial charge on any atom is 0.303 e. The highest BCUT2D eigenvalue weighted by atomic mass is 16.5. The average molecular weight is 405 g/mol. The molecule has 0 aromatic rings. The van der Waals surface area contributed by atoms with Crippen LogP contribution in [0, 0.1) is 52.3 Å². The first-order valence-electron chi connectivity index (χ1n) is 12.5. The van der Waals surface area contributed by atoms with Crippen molar-refractivity contribution in [3.63, 3.8) is 0 Å². The third-order valence-corrected chi connectivity index (χ3v) is 10.9. The van der Waals surface area contributed by atoms with Gasteiger partial charge in [0.2, 0.25) is 0 Å². The monoisotopic (exact) mass is 404 g/mol. The Morgan fingerprint density at radius 1 is 1.00 bits per heavy atom. The number of rotatable bonds is 6. The number of fused-ring (bicyclic) bond motifs is 5. The van der Waals surface area contributed by atoms with Crippen LogP contribution in [-0.4, -0.2) is 24.8 Å². The molecule has 3 heteroatoms. The van der Waals surface area contributed by atoms with Crippen LogP contribution in [-0.2, 0) is 9.53 Å². The van der Waals surface area contributed by atoms with Crippen molar-refractivity contribution in [2.75, 3.05) is 13.7 Å². The Kier molecular flexibility index (Phi) is 6.10. The normalized spacial score (nSPS) is 46.3. The van der Waals surface area contributed by atoms with E-state index in [1.807, 2.05) is 0 Å². The number of hydrogen-bond acceptors (Lipinski definition) is 2. The largest absolute Gasteiger partial charge is 0.481 e. The molecule has 0 heterocycles. The van der Waals surface area contributed by atoms with Gasteiger partial charge in [-0.25, -0.2) is 0 Å². The Balaban J connectivity index is 1.53. The van der Waals surface area contributed by atoms with E-state index in [2.05, 4.69) is 20.8 Å². The summed E-state index contributed by atoms with van der Waals surface area (Å²) in [5.74, 6) is 4.27. The van der Waals surface area contributed by atoms with Crippen molar-refractivity contribution in [2.45, 2.75) is 91.4 Å². The van der Waals surface area contributed by atoms with Gasteiger partial charge in [0.1, 0.15) is 0 Å². The smallest absolute Gasteiger partial charge is 0.303 e. The molecule has 0 radical (unpaired) electrons. The predicted octanol–water partition coefficient (Wildman–Crippen LogP) is 6.41. The molecule has 0 saturated heterocycles. The molecule has 4 saturated carbocycles. The summed E-state index contributed by atoms with van der Waals surface area (Å²) in [6.45, 7) is 8.15. The fourth-order valence-electron chi connectivity index (χ4n) is 9.36. The molecule has 4 rings (SSSR count). The van der Waals surface area contributed by atoms with Crippen molar-refractivity contribution in [3.8, 4) is 0 Å². The van der Waals surface area contributed by atoms with Crippen molar-refractivity contribution in [1.82, 2.24) is 0 Å². The standard InChI is InChI=1S/C26H44O3/c1-17(18(16-29-4)15-24(27)28)21-10-11-22-20-9-8-19-7-5-6-13-25(19,2)23(20)12-14-26(21,22)3/h17-23H,5-16H2,1-4H3,(H,27,28)/t17-,18?,19?,20+,21-,22+,23+,25+,26-/m1/s1. The maximum atomic E-state index is 11.5. The van der Waals surface area contributed by atoms with Gasteiger partial charge in [-0.3, -0.25) is 4.79 Å². The van der Waals surface area contributed by atoms with Crippen molar-refractivity contribution in [2.24, 2.45) is 52.3 Å². The predicted molar refractivity (Wildman–Crippen MR) is 117 cm³/mol. The summed E-state index contributed by atoms with van der Waals surface area (Å²) in [4.78, 5) is 11.5. The van der Waals surface area contributed by atoms with Crippen molar-refractivity contribution in [3.05, 3.63) is 0 Å². The second-order valence-electron chi connectivity index (χ2n) is 11.8. The third kappa shape index (κ3) is 3.58. The summed E-state index contributed by atoms with van der Waals surface area (Å²) in [6.07, 6.45) is 14.5. The zero-order valence-corrected chi connectivity index (χ0v) is 19.3. The lowest BCUT2D eigenvalue weighted by molar-refractivity contribution is -0.140. The highest BCUT2D eigenvalue weighted by Gasteiger charge is 2.60. The molecule has 4 aliphatic rings. The number of aliphatic carboxylic acids is 1. The third-order valence-electron chi connectivity index (χ3n) is 10.9. The van der Waals surface area contributed by atoms with Gasteiger partial charge in [-0.1, -0.05) is 33.6 Å². The summed E-state index contributed by atoms with van der Waals surface area (Å²) in [5, 5.41) is 9.44. The van der Waals surface area contributed by atoms with Gasteiger partial charge in [0.15, 0.2) is 0 Å². The molecule has 3 nitrogen and oxygen atoms in total. The molecular formula is C26H44O3. The van der Waals surface area contributed by atoms with Crippen molar-refractivity contribution < 1.29 is 14.6 Å². The molecular weight excluding hydrogens is 360 g/mol. The number of carbonyl (C=O) groups is 1. The number of carboxylic acids is 1. The first-order chi connectivity index (χ1) is 13.8. The van der Waals surface area contributed by atoms with Crippen LogP contribution in [0.25, 0.3) is 0 Å². The van der Waals surface area contributed by atoms with Crippen LogP contribution >= 0.6 is 0 Å². The van der Waals surface area contributed by atoms with E-state index < -0.39 is 5.97 Å². The fraction of sp³-hybridized carbons (Fsp3) is 0.962. The SMILES string of the molecule is COCC(CC(=O)O)[C@@H](C)[C@H]1CC[C@H]2[C@@H]3CCC4CCCC[C@]4(C)[C@H]3CC[C@]12C. The van der Waals surface area contributed by atoms with Gasteiger partial charge in [0.25, 0.3) is 0 Å². The van der Waals surface area contributed by atoms with Crippen molar-refractivity contribution >= 4 is 5.97 Å². The van der Waals surface area contributed by atoms with Gasteiger partial charge in [-0.05, 0) is 104 Å². The van der Waals surface area contributed by atoms with Gasteiger partial charge in [-0.15, -0.1) is 0 Å². The summed E-state index contributed by atoms with van der Waals surface area (Å²) >= 11 is 0. The number of hydrogen-bond donors (Lipinski definition) is 1. The molecule has 0 bridgehead atoms. The molecule has 166 valence electrons. The fourth-order valence-corrected chi connectivity index (χ4v) is 9.36. The minimum Gasteiger partial charge on any atom is -0.481 e. The molecule has 0 spiro atoms. The molecule has 9 atom stereocenters. The highest BCUT2D eigenvalue weighted by molar-refractivity contribution is 5.67. The Morgan fingerprint density at radius 2 is 1.76 bits per heavy atom. The first-order valence-corrected chi connectivity index (χ1v) is 12.5. The topological polar surface area (TPSA) is 46.5 Å². The van der Waals surface area contributed by atoms with Gasteiger partial charge >= 0.3 is 5.97 Å². The summed E-state index contributed by atoms with van der Waals surface area (Å²) in [6, 6.07) is 0. The summed E-state index contributed by atoms with van der Waals surface area (Å²) in [5.41, 5.74) is 1.01. The van der Waals surface area contributed by atoms with Gasteiger partial charge in [0.05, 0.1) is 6.42 Å². The lowest BCUT2D eigenvalue weighted by atomic mass is 9.44. The minimum absolute atomic E-state index is 0.141. The quantitative estimate of drug-likeness (QED) is 0.556. The Labute approximate surface area is 178 Å². The molecule has 0 aromatic carbocycles. The molecule has 0 aliphatic heterocycles. The Hall–Kier alpha value is -0.570. The Bertz CT molecular complexity index is 603. The summed E-state index contributed by atoms with van der Waals surface area (Å²) < 4.78 is 5.45. The van der Waals surface area contributed by atoms with Gasteiger partial charge < -0.3 is 9.84 Å². The van der Waals surface area contributed by atoms with Crippen LogP contribution in [0.1, 0.15) is 91.4 Å². The molecule has 29 heavy (non-hydrogen) atoms. The van der Waals surface area contributed by atoms with Crippen molar-refractivity contribution in [1.29, 1.82) is 0 Å². The second kappa shape index (κ2) is 8.17. The highest BCUT2D eigenvalue weighted by Crippen LogP contribution is 2.68. The van der Waals surface area contributed by atoms with Crippen LogP contribution in [0.3, 0.4) is 0 Å². The molecule has 0 aromatic heterocycles. The second-order valence-corrected chi connectivity index (χ2v) is 11.8. The zero-order valence-electron chi connectivity index (χ0n) is 19.3. The van der Waals surface area contributed by atoms with Crippen LogP contribution < -0.4 is 0 Å². The van der Waals surface area contributed by atoms with Crippen LogP contribution in [0.5, 0.6) is 0 Å². The maximum absolute atomic E-state index is 11.5. The zero-order chi connectivity index (χ0) is 20.8. The van der Waals surface area contributed by atoms with E-state index >= 15 is 0 Å². The molecule has 1 N–H and O–H groups in total. The van der Waals surface area contributed by atoms with E-state index in [9.17, 15) is 9.90 Å². The minimum atomic E-state index is -0.675. The number of ether oxygens (including phenoxy) is 1. The van der Waals surface area contributed by atoms with E-state index in [0.29, 0.717) is 29.3 Å². The summed E-state index contributed by atoms with van der Waals surface area (Å²) in [7, 11) is 1.72. The van der Waals surface area contributed by atoms with Gasteiger partial charge in [-0.2, -0.15) is 0 Å². The van der Waals surface area contributed by atoms with E-state index in [4.69, 9.17) is 4.74 Å².